The van der Waals surface area contributed by atoms with Crippen molar-refractivity contribution in [3.63, 3.8) is 0 Å². The minimum absolute atomic E-state index is 0.0286. The van der Waals surface area contributed by atoms with Gasteiger partial charge in [-0.05, 0) is 80.8 Å². The summed E-state index contributed by atoms with van der Waals surface area (Å²) in [6.45, 7) is 0.698. The van der Waals surface area contributed by atoms with E-state index in [2.05, 4.69) is 26.3 Å². The van der Waals surface area contributed by atoms with Gasteiger partial charge in [0, 0.05) is 35.3 Å². The summed E-state index contributed by atoms with van der Waals surface area (Å²) in [5.41, 5.74) is 2.43. The molecule has 0 bridgehead atoms. The number of rotatable bonds is 7. The summed E-state index contributed by atoms with van der Waals surface area (Å²) in [4.78, 5) is 30.8. The van der Waals surface area contributed by atoms with Crippen molar-refractivity contribution in [2.75, 3.05) is 17.2 Å². The molecule has 5 rings (SSSR count). The first kappa shape index (κ1) is 22.6. The number of halogens is 1. The molecule has 3 aliphatic carbocycles. The van der Waals surface area contributed by atoms with E-state index in [-0.39, 0.29) is 23.8 Å². The highest BCUT2D eigenvalue weighted by Crippen LogP contribution is 2.40. The molecule has 10 heteroatoms. The van der Waals surface area contributed by atoms with E-state index in [0.717, 1.165) is 36.9 Å². The fraction of sp³-hybridized carbons (Fsp3) is 0.478. The molecular formula is C23H26ClN5O2S2. The van der Waals surface area contributed by atoms with Gasteiger partial charge in [0.2, 0.25) is 5.91 Å². The Balaban J connectivity index is 1.30. The largest absolute Gasteiger partial charge is 0.359 e. The standard InChI is InChI=1S/C23H26ClN5O2S2/c24-18-10-15(7-8-25-18)28-23(32)27-14-5-6-17-16(9-14)19(21(31)26-11-12-1-2-12)22(33-17)29-20(30)13-3-4-13/h7-8,10,12-14H,1-6,9,11H2,(H,26,31)(H,29,30)(H2,25,27,28,32)/t14-/m0/s1. The van der Waals surface area contributed by atoms with Gasteiger partial charge in [-0.1, -0.05) is 11.6 Å². The van der Waals surface area contributed by atoms with Crippen molar-refractivity contribution < 1.29 is 9.59 Å². The molecule has 2 amide bonds. The minimum Gasteiger partial charge on any atom is -0.359 e. The van der Waals surface area contributed by atoms with E-state index in [1.807, 2.05) is 0 Å². The average Bonchev–Trinajstić information content (AvgIpc) is 3.69. The summed E-state index contributed by atoms with van der Waals surface area (Å²) < 4.78 is 0. The normalized spacial score (nSPS) is 19.4. The molecule has 2 saturated carbocycles. The maximum Gasteiger partial charge on any atom is 0.254 e. The molecule has 3 aliphatic rings. The second kappa shape index (κ2) is 9.56. The van der Waals surface area contributed by atoms with Gasteiger partial charge in [0.15, 0.2) is 5.11 Å². The molecule has 4 N–H and O–H groups in total. The molecule has 174 valence electrons. The number of fused-ring (bicyclic) bond motifs is 1. The Hall–Kier alpha value is -2.23. The molecule has 0 aromatic carbocycles. The fourth-order valence-corrected chi connectivity index (χ4v) is 5.78. The van der Waals surface area contributed by atoms with Crippen LogP contribution in [0.5, 0.6) is 0 Å². The second-order valence-electron chi connectivity index (χ2n) is 9.03. The number of nitrogens with one attached hydrogen (secondary N) is 4. The van der Waals surface area contributed by atoms with Gasteiger partial charge < -0.3 is 21.3 Å². The van der Waals surface area contributed by atoms with Gasteiger partial charge in [-0.2, -0.15) is 0 Å². The average molecular weight is 504 g/mol. The third-order valence-electron chi connectivity index (χ3n) is 6.24. The first-order valence-electron chi connectivity index (χ1n) is 11.4. The van der Waals surface area contributed by atoms with Crippen molar-refractivity contribution in [3.8, 4) is 0 Å². The summed E-state index contributed by atoms with van der Waals surface area (Å²) in [5, 5.41) is 14.2. The zero-order valence-electron chi connectivity index (χ0n) is 18.1. The van der Waals surface area contributed by atoms with Gasteiger partial charge in [0.05, 0.1) is 5.56 Å². The monoisotopic (exact) mass is 503 g/mol. The van der Waals surface area contributed by atoms with E-state index >= 15 is 0 Å². The van der Waals surface area contributed by atoms with E-state index in [1.165, 1.54) is 17.7 Å². The van der Waals surface area contributed by atoms with Crippen molar-refractivity contribution in [1.29, 1.82) is 0 Å². The first-order chi connectivity index (χ1) is 16.0. The topological polar surface area (TPSA) is 95.2 Å². The predicted octanol–water partition coefficient (Wildman–Crippen LogP) is 4.13. The Morgan fingerprint density at radius 2 is 2.00 bits per heavy atom. The Morgan fingerprint density at radius 1 is 1.18 bits per heavy atom. The maximum absolute atomic E-state index is 13.2. The highest BCUT2D eigenvalue weighted by atomic mass is 35.5. The Bertz CT molecular complexity index is 1100. The summed E-state index contributed by atoms with van der Waals surface area (Å²) >= 11 is 13.0. The molecule has 2 aromatic rings. The van der Waals surface area contributed by atoms with Gasteiger partial charge in [0.1, 0.15) is 10.2 Å². The smallest absolute Gasteiger partial charge is 0.254 e. The zero-order chi connectivity index (χ0) is 22.9. The van der Waals surface area contributed by atoms with Crippen LogP contribution in [0.15, 0.2) is 18.3 Å². The lowest BCUT2D eigenvalue weighted by Crippen LogP contribution is -2.41. The third-order valence-corrected chi connectivity index (χ3v) is 7.87. The van der Waals surface area contributed by atoms with E-state index in [1.54, 1.807) is 29.7 Å². The number of nitrogens with zero attached hydrogens (tertiary/aromatic N) is 1. The lowest BCUT2D eigenvalue weighted by Gasteiger charge is -2.25. The number of pyridine rings is 1. The summed E-state index contributed by atoms with van der Waals surface area (Å²) in [5.74, 6) is 0.623. The molecule has 0 aliphatic heterocycles. The van der Waals surface area contributed by atoms with Gasteiger partial charge in [-0.25, -0.2) is 4.98 Å². The van der Waals surface area contributed by atoms with E-state index in [9.17, 15) is 9.59 Å². The van der Waals surface area contributed by atoms with Crippen LogP contribution >= 0.6 is 35.2 Å². The zero-order valence-corrected chi connectivity index (χ0v) is 20.5. The number of carbonyl (C=O) groups excluding carboxylic acids is 2. The molecule has 0 radical (unpaired) electrons. The molecule has 2 heterocycles. The van der Waals surface area contributed by atoms with Crippen molar-refractivity contribution in [2.24, 2.45) is 11.8 Å². The van der Waals surface area contributed by atoms with Crippen molar-refractivity contribution in [3.05, 3.63) is 39.5 Å². The quantitative estimate of drug-likeness (QED) is 0.335. The van der Waals surface area contributed by atoms with Crippen LogP contribution in [0.1, 0.15) is 52.9 Å². The number of carbonyl (C=O) groups is 2. The molecule has 0 unspecified atom stereocenters. The fourth-order valence-electron chi connectivity index (χ4n) is 4.07. The summed E-state index contributed by atoms with van der Waals surface area (Å²) in [7, 11) is 0. The Labute approximate surface area is 207 Å². The van der Waals surface area contributed by atoms with Crippen LogP contribution in [0, 0.1) is 11.8 Å². The molecular weight excluding hydrogens is 478 g/mol. The predicted molar refractivity (Wildman–Crippen MR) is 135 cm³/mol. The first-order valence-corrected chi connectivity index (χ1v) is 13.0. The number of amides is 2. The van der Waals surface area contributed by atoms with Crippen LogP contribution in [0.4, 0.5) is 10.7 Å². The highest BCUT2D eigenvalue weighted by molar-refractivity contribution is 7.80. The third kappa shape index (κ3) is 5.65. The summed E-state index contributed by atoms with van der Waals surface area (Å²) in [6, 6.07) is 3.60. The molecule has 2 fully saturated rings. The highest BCUT2D eigenvalue weighted by Gasteiger charge is 2.34. The Kier molecular flexibility index (Phi) is 6.53. The van der Waals surface area contributed by atoms with Crippen LogP contribution < -0.4 is 21.3 Å². The van der Waals surface area contributed by atoms with Crippen LogP contribution in [0.2, 0.25) is 5.15 Å². The van der Waals surface area contributed by atoms with E-state index in [0.29, 0.717) is 39.7 Å². The SMILES string of the molecule is O=C(NCC1CC1)c1c(NC(=O)C2CC2)sc2c1C[C@@H](NC(=S)Nc1ccnc(Cl)c1)CC2. The molecule has 33 heavy (non-hydrogen) atoms. The number of anilines is 2. The van der Waals surface area contributed by atoms with Crippen molar-refractivity contribution in [2.45, 2.75) is 51.0 Å². The molecule has 1 atom stereocenters. The minimum atomic E-state index is -0.0849. The van der Waals surface area contributed by atoms with E-state index < -0.39 is 0 Å². The van der Waals surface area contributed by atoms with Crippen LogP contribution in [0.25, 0.3) is 0 Å². The maximum atomic E-state index is 13.2. The number of aromatic nitrogens is 1. The second-order valence-corrected chi connectivity index (χ2v) is 10.9. The molecule has 2 aromatic heterocycles. The summed E-state index contributed by atoms with van der Waals surface area (Å²) in [6.07, 6.45) is 8.23. The van der Waals surface area contributed by atoms with Crippen molar-refractivity contribution in [1.82, 2.24) is 15.6 Å². The van der Waals surface area contributed by atoms with Gasteiger partial charge in [0.25, 0.3) is 5.91 Å². The lowest BCUT2D eigenvalue weighted by molar-refractivity contribution is -0.117. The van der Waals surface area contributed by atoms with Gasteiger partial charge in [-0.3, -0.25) is 9.59 Å². The van der Waals surface area contributed by atoms with Crippen LogP contribution in [-0.2, 0) is 17.6 Å². The number of aryl methyl sites for hydroxylation is 1. The molecule has 0 spiro atoms. The number of thiocarbonyl (C=S) groups is 1. The van der Waals surface area contributed by atoms with Gasteiger partial charge in [-0.15, -0.1) is 11.3 Å². The van der Waals surface area contributed by atoms with Crippen molar-refractivity contribution >= 4 is 62.8 Å². The Morgan fingerprint density at radius 3 is 2.73 bits per heavy atom. The number of hydrogen-bond acceptors (Lipinski definition) is 5. The molecule has 0 saturated heterocycles. The number of hydrogen-bond donors (Lipinski definition) is 4. The lowest BCUT2D eigenvalue weighted by atomic mass is 9.91. The van der Waals surface area contributed by atoms with Crippen LogP contribution in [0.3, 0.4) is 0 Å². The van der Waals surface area contributed by atoms with Crippen LogP contribution in [-0.4, -0.2) is 34.5 Å². The molecule has 7 nitrogen and oxygen atoms in total. The van der Waals surface area contributed by atoms with Gasteiger partial charge >= 0.3 is 0 Å². The van der Waals surface area contributed by atoms with E-state index in [4.69, 9.17) is 23.8 Å². The number of thiophene rings is 1.